The van der Waals surface area contributed by atoms with Crippen LogP contribution in [0.3, 0.4) is 0 Å². The Morgan fingerprint density at radius 1 is 1.09 bits per heavy atom. The molecule has 3 N–H and O–H groups in total. The summed E-state index contributed by atoms with van der Waals surface area (Å²) in [7, 11) is 0. The third kappa shape index (κ3) is 3.93. The zero-order chi connectivity index (χ0) is 16.1. The Hall–Kier alpha value is -2.17. The van der Waals surface area contributed by atoms with E-state index in [0.29, 0.717) is 11.1 Å². The van der Waals surface area contributed by atoms with E-state index in [1.54, 1.807) is 18.2 Å². The summed E-state index contributed by atoms with van der Waals surface area (Å²) in [5.41, 5.74) is 4.24. The van der Waals surface area contributed by atoms with Gasteiger partial charge in [0.2, 0.25) is 0 Å². The molecule has 2 rings (SSSR count). The summed E-state index contributed by atoms with van der Waals surface area (Å²) in [5.74, 6) is -0.0329. The number of benzene rings is 2. The Balaban J connectivity index is 2.17. The van der Waals surface area contributed by atoms with Gasteiger partial charge in [0.05, 0.1) is 12.7 Å². The molecule has 0 radical (unpaired) electrons. The molecule has 0 saturated carbocycles. The van der Waals surface area contributed by atoms with Crippen molar-refractivity contribution in [1.82, 2.24) is 0 Å². The van der Waals surface area contributed by atoms with Crippen LogP contribution in [0.15, 0.2) is 42.5 Å². The van der Waals surface area contributed by atoms with Gasteiger partial charge in [0.25, 0.3) is 0 Å². The van der Waals surface area contributed by atoms with Gasteiger partial charge in [0, 0.05) is 23.4 Å². The molecule has 2 aromatic rings. The van der Waals surface area contributed by atoms with Gasteiger partial charge in [0.15, 0.2) is 5.78 Å². The summed E-state index contributed by atoms with van der Waals surface area (Å²) in [6.07, 6.45) is -0.820. The highest BCUT2D eigenvalue weighted by Gasteiger charge is 2.11. The average molecular weight is 299 g/mol. The number of rotatable bonds is 6. The Morgan fingerprint density at radius 2 is 1.82 bits per heavy atom. The van der Waals surface area contributed by atoms with Crippen LogP contribution in [0.4, 0.5) is 5.69 Å². The van der Waals surface area contributed by atoms with Gasteiger partial charge in [-0.15, -0.1) is 0 Å². The topological polar surface area (TPSA) is 69.6 Å². The quantitative estimate of drug-likeness (QED) is 0.716. The molecule has 0 bridgehead atoms. The second kappa shape index (κ2) is 7.20. The smallest absolute Gasteiger partial charge is 0.193 e. The molecule has 4 heteroatoms. The molecule has 0 heterocycles. The fourth-order valence-electron chi connectivity index (χ4n) is 2.12. The van der Waals surface area contributed by atoms with Gasteiger partial charge in [-0.2, -0.15) is 0 Å². The number of hydrogen-bond acceptors (Lipinski definition) is 4. The molecule has 0 saturated heterocycles. The van der Waals surface area contributed by atoms with Crippen LogP contribution in [0.1, 0.15) is 27.0 Å². The van der Waals surface area contributed by atoms with Crippen molar-refractivity contribution < 1.29 is 15.0 Å². The lowest BCUT2D eigenvalue weighted by Crippen LogP contribution is -2.23. The Kier molecular flexibility index (Phi) is 5.31. The molecule has 0 aliphatic carbocycles. The van der Waals surface area contributed by atoms with Crippen molar-refractivity contribution >= 4 is 11.5 Å². The van der Waals surface area contributed by atoms with E-state index in [1.165, 1.54) is 0 Å². The minimum absolute atomic E-state index is 0.0329. The summed E-state index contributed by atoms with van der Waals surface area (Å²) in [6.45, 7) is 3.94. The van der Waals surface area contributed by atoms with E-state index in [0.717, 1.165) is 16.8 Å². The first-order valence-electron chi connectivity index (χ1n) is 7.26. The Morgan fingerprint density at radius 3 is 2.50 bits per heavy atom. The molecule has 0 aliphatic rings. The van der Waals surface area contributed by atoms with Gasteiger partial charge in [-0.1, -0.05) is 24.3 Å². The van der Waals surface area contributed by atoms with Gasteiger partial charge in [-0.3, -0.25) is 4.79 Å². The summed E-state index contributed by atoms with van der Waals surface area (Å²) in [5, 5.41) is 21.2. The third-order valence-corrected chi connectivity index (χ3v) is 3.65. The maximum Gasteiger partial charge on any atom is 0.193 e. The maximum absolute atomic E-state index is 12.5. The molecule has 0 aromatic heterocycles. The highest BCUT2D eigenvalue weighted by Crippen LogP contribution is 2.17. The van der Waals surface area contributed by atoms with E-state index in [4.69, 9.17) is 5.11 Å². The summed E-state index contributed by atoms with van der Waals surface area (Å²) in [6, 6.07) is 12.8. The minimum atomic E-state index is -0.820. The van der Waals surface area contributed by atoms with Crippen LogP contribution in [-0.4, -0.2) is 35.3 Å². The number of nitrogens with one attached hydrogen (secondary N) is 1. The molecule has 1 atom stereocenters. The Bertz CT molecular complexity index is 667. The second-order valence-electron chi connectivity index (χ2n) is 5.43. The van der Waals surface area contributed by atoms with Gasteiger partial charge < -0.3 is 15.5 Å². The molecule has 2 aromatic carbocycles. The monoisotopic (exact) mass is 299 g/mol. The standard InChI is InChI=1S/C18H21NO3/c1-12-6-7-15(8-13(12)2)18(22)14-4-3-5-16(9-14)19-10-17(21)11-20/h3-9,17,19-21H,10-11H2,1-2H3. The number of anilines is 1. The first kappa shape index (κ1) is 16.2. The summed E-state index contributed by atoms with van der Waals surface area (Å²) >= 11 is 0. The largest absolute Gasteiger partial charge is 0.394 e. The SMILES string of the molecule is Cc1ccc(C(=O)c2cccc(NCC(O)CO)c2)cc1C. The second-order valence-corrected chi connectivity index (χ2v) is 5.43. The molecule has 0 fully saturated rings. The normalized spacial score (nSPS) is 12.0. The molecule has 22 heavy (non-hydrogen) atoms. The number of ketones is 1. The molecule has 0 amide bonds. The Labute approximate surface area is 130 Å². The van der Waals surface area contributed by atoms with E-state index in [9.17, 15) is 9.90 Å². The fraction of sp³-hybridized carbons (Fsp3) is 0.278. The number of carbonyl (C=O) groups excluding carboxylic acids is 1. The van der Waals surface area contributed by atoms with Crippen molar-refractivity contribution in [3.8, 4) is 0 Å². The zero-order valence-electron chi connectivity index (χ0n) is 12.8. The minimum Gasteiger partial charge on any atom is -0.394 e. The lowest BCUT2D eigenvalue weighted by Gasteiger charge is -2.11. The maximum atomic E-state index is 12.5. The van der Waals surface area contributed by atoms with Crippen molar-refractivity contribution in [3.05, 3.63) is 64.7 Å². The number of aliphatic hydroxyl groups excluding tert-OH is 2. The van der Waals surface area contributed by atoms with Crippen molar-refractivity contribution in [2.24, 2.45) is 0 Å². The molecule has 0 spiro atoms. The van der Waals surface area contributed by atoms with Gasteiger partial charge in [-0.05, 0) is 43.2 Å². The van der Waals surface area contributed by atoms with Crippen LogP contribution in [-0.2, 0) is 0 Å². The number of aryl methyl sites for hydroxylation is 2. The molecular formula is C18H21NO3. The average Bonchev–Trinajstić information content (AvgIpc) is 2.54. The van der Waals surface area contributed by atoms with Crippen LogP contribution >= 0.6 is 0 Å². The van der Waals surface area contributed by atoms with Crippen molar-refractivity contribution in [2.45, 2.75) is 20.0 Å². The van der Waals surface area contributed by atoms with Crippen molar-refractivity contribution in [3.63, 3.8) is 0 Å². The molecular weight excluding hydrogens is 278 g/mol. The number of hydrogen-bond donors (Lipinski definition) is 3. The lowest BCUT2D eigenvalue weighted by atomic mass is 9.99. The summed E-state index contributed by atoms with van der Waals surface area (Å²) in [4.78, 5) is 12.5. The zero-order valence-corrected chi connectivity index (χ0v) is 12.8. The molecule has 0 aliphatic heterocycles. The van der Waals surface area contributed by atoms with Gasteiger partial charge in [-0.25, -0.2) is 0 Å². The highest BCUT2D eigenvalue weighted by molar-refractivity contribution is 6.09. The predicted octanol–water partition coefficient (Wildman–Crippen LogP) is 2.30. The van der Waals surface area contributed by atoms with E-state index in [1.807, 2.05) is 38.1 Å². The molecule has 4 nitrogen and oxygen atoms in total. The van der Waals surface area contributed by atoms with E-state index in [-0.39, 0.29) is 18.9 Å². The first-order chi connectivity index (χ1) is 10.5. The number of carbonyl (C=O) groups is 1. The van der Waals surface area contributed by atoms with Crippen LogP contribution in [0, 0.1) is 13.8 Å². The molecule has 1 unspecified atom stereocenters. The van der Waals surface area contributed by atoms with Gasteiger partial charge in [0.1, 0.15) is 0 Å². The van der Waals surface area contributed by atoms with E-state index >= 15 is 0 Å². The van der Waals surface area contributed by atoms with Crippen LogP contribution < -0.4 is 5.32 Å². The van der Waals surface area contributed by atoms with Crippen molar-refractivity contribution in [2.75, 3.05) is 18.5 Å². The van der Waals surface area contributed by atoms with Crippen molar-refractivity contribution in [1.29, 1.82) is 0 Å². The summed E-state index contributed by atoms with van der Waals surface area (Å²) < 4.78 is 0. The van der Waals surface area contributed by atoms with Crippen LogP contribution in [0.25, 0.3) is 0 Å². The van der Waals surface area contributed by atoms with Gasteiger partial charge >= 0.3 is 0 Å². The third-order valence-electron chi connectivity index (χ3n) is 3.65. The predicted molar refractivity (Wildman–Crippen MR) is 87.4 cm³/mol. The van der Waals surface area contributed by atoms with Crippen LogP contribution in [0.5, 0.6) is 0 Å². The molecule has 116 valence electrons. The van der Waals surface area contributed by atoms with E-state index in [2.05, 4.69) is 5.32 Å². The van der Waals surface area contributed by atoms with E-state index < -0.39 is 6.10 Å². The highest BCUT2D eigenvalue weighted by atomic mass is 16.3. The fourth-order valence-corrected chi connectivity index (χ4v) is 2.12. The number of aliphatic hydroxyl groups is 2. The lowest BCUT2D eigenvalue weighted by molar-refractivity contribution is 0.103. The van der Waals surface area contributed by atoms with Crippen LogP contribution in [0.2, 0.25) is 0 Å². The first-order valence-corrected chi connectivity index (χ1v) is 7.26.